The number of hydrogen-bond donors (Lipinski definition) is 2. The largest absolute Gasteiger partial charge is 0.355 e. The van der Waals surface area contributed by atoms with Gasteiger partial charge in [-0.1, -0.05) is 0 Å². The minimum absolute atomic E-state index is 0.0688. The summed E-state index contributed by atoms with van der Waals surface area (Å²) in [6, 6.07) is 4.06. The summed E-state index contributed by atoms with van der Waals surface area (Å²) < 4.78 is 0. The number of hydrogen-bond acceptors (Lipinski definition) is 3. The Balaban J connectivity index is 1.97. The van der Waals surface area contributed by atoms with Crippen molar-refractivity contribution < 1.29 is 4.79 Å². The third-order valence-electron chi connectivity index (χ3n) is 3.19. The molecule has 17 heavy (non-hydrogen) atoms. The highest BCUT2D eigenvalue weighted by molar-refractivity contribution is 5.81. The van der Waals surface area contributed by atoms with E-state index in [1.807, 2.05) is 12.1 Å². The number of carbonyl (C=O) groups excluding carboxylic acids is 1. The SMILES string of the molecule is CC(NC1CCCCNC1=O)c1ccncc1. The molecule has 2 N–H and O–H groups in total. The fourth-order valence-electron chi connectivity index (χ4n) is 2.15. The Morgan fingerprint density at radius 1 is 1.41 bits per heavy atom. The zero-order valence-electron chi connectivity index (χ0n) is 10.1. The molecule has 92 valence electrons. The highest BCUT2D eigenvalue weighted by atomic mass is 16.2. The van der Waals surface area contributed by atoms with Crippen LogP contribution in [0.3, 0.4) is 0 Å². The summed E-state index contributed by atoms with van der Waals surface area (Å²) in [6.07, 6.45) is 6.65. The van der Waals surface area contributed by atoms with E-state index in [4.69, 9.17) is 0 Å². The number of nitrogens with zero attached hydrogens (tertiary/aromatic N) is 1. The fourth-order valence-corrected chi connectivity index (χ4v) is 2.15. The van der Waals surface area contributed by atoms with E-state index in [1.54, 1.807) is 12.4 Å². The lowest BCUT2D eigenvalue weighted by Crippen LogP contribution is -2.43. The van der Waals surface area contributed by atoms with Crippen molar-refractivity contribution in [1.29, 1.82) is 0 Å². The molecule has 0 spiro atoms. The first kappa shape index (κ1) is 12.0. The molecule has 1 amide bonds. The van der Waals surface area contributed by atoms with Gasteiger partial charge in [0.15, 0.2) is 0 Å². The fraction of sp³-hybridized carbons (Fsp3) is 0.538. The lowest BCUT2D eigenvalue weighted by molar-refractivity contribution is -0.123. The van der Waals surface area contributed by atoms with Crippen LogP contribution in [-0.2, 0) is 4.79 Å². The maximum Gasteiger partial charge on any atom is 0.237 e. The average molecular weight is 233 g/mol. The molecule has 4 nitrogen and oxygen atoms in total. The average Bonchev–Trinajstić information content (AvgIpc) is 2.56. The van der Waals surface area contributed by atoms with Gasteiger partial charge in [-0.3, -0.25) is 15.1 Å². The lowest BCUT2D eigenvalue weighted by Gasteiger charge is -2.21. The maximum absolute atomic E-state index is 11.8. The molecule has 1 fully saturated rings. The van der Waals surface area contributed by atoms with Crippen molar-refractivity contribution in [3.8, 4) is 0 Å². The molecule has 0 radical (unpaired) electrons. The van der Waals surface area contributed by atoms with E-state index < -0.39 is 0 Å². The number of amides is 1. The smallest absolute Gasteiger partial charge is 0.237 e. The van der Waals surface area contributed by atoms with Gasteiger partial charge in [-0.05, 0) is 43.9 Å². The molecule has 2 heterocycles. The van der Waals surface area contributed by atoms with Crippen LogP contribution < -0.4 is 10.6 Å². The van der Waals surface area contributed by atoms with Gasteiger partial charge in [-0.2, -0.15) is 0 Å². The first-order valence-electron chi connectivity index (χ1n) is 6.21. The molecule has 1 aromatic rings. The summed E-state index contributed by atoms with van der Waals surface area (Å²) in [6.45, 7) is 2.88. The van der Waals surface area contributed by atoms with Crippen molar-refractivity contribution in [3.63, 3.8) is 0 Å². The van der Waals surface area contributed by atoms with E-state index >= 15 is 0 Å². The molecule has 2 rings (SSSR count). The summed E-state index contributed by atoms with van der Waals surface area (Å²) in [5.41, 5.74) is 1.16. The summed E-state index contributed by atoms with van der Waals surface area (Å²) in [4.78, 5) is 15.8. The van der Waals surface area contributed by atoms with Gasteiger partial charge in [-0.25, -0.2) is 0 Å². The van der Waals surface area contributed by atoms with Gasteiger partial charge in [0.05, 0.1) is 6.04 Å². The molecular weight excluding hydrogens is 214 g/mol. The van der Waals surface area contributed by atoms with E-state index in [0.29, 0.717) is 0 Å². The van der Waals surface area contributed by atoms with Crippen LogP contribution in [0.15, 0.2) is 24.5 Å². The molecule has 1 saturated heterocycles. The van der Waals surface area contributed by atoms with E-state index in [2.05, 4.69) is 22.5 Å². The highest BCUT2D eigenvalue weighted by Crippen LogP contribution is 2.14. The number of aromatic nitrogens is 1. The van der Waals surface area contributed by atoms with Crippen LogP contribution in [0.5, 0.6) is 0 Å². The maximum atomic E-state index is 11.8. The summed E-state index contributed by atoms with van der Waals surface area (Å²) in [5.74, 6) is 0.128. The Kier molecular flexibility index (Phi) is 4.09. The number of rotatable bonds is 3. The quantitative estimate of drug-likeness (QED) is 0.829. The van der Waals surface area contributed by atoms with Gasteiger partial charge >= 0.3 is 0 Å². The molecule has 1 aliphatic heterocycles. The topological polar surface area (TPSA) is 54.0 Å². The second kappa shape index (κ2) is 5.77. The van der Waals surface area contributed by atoms with Crippen LogP contribution in [-0.4, -0.2) is 23.5 Å². The molecule has 0 saturated carbocycles. The predicted octanol–water partition coefficient (Wildman–Crippen LogP) is 1.40. The van der Waals surface area contributed by atoms with Gasteiger partial charge in [0.2, 0.25) is 5.91 Å². The summed E-state index contributed by atoms with van der Waals surface area (Å²) in [5, 5.41) is 6.32. The Morgan fingerprint density at radius 2 is 2.18 bits per heavy atom. The van der Waals surface area contributed by atoms with Crippen LogP contribution >= 0.6 is 0 Å². The van der Waals surface area contributed by atoms with E-state index in [9.17, 15) is 4.79 Å². The summed E-state index contributed by atoms with van der Waals surface area (Å²) in [7, 11) is 0. The lowest BCUT2D eigenvalue weighted by atomic mass is 10.1. The third kappa shape index (κ3) is 3.27. The van der Waals surface area contributed by atoms with Crippen LogP contribution in [0.2, 0.25) is 0 Å². The van der Waals surface area contributed by atoms with Crippen molar-refractivity contribution in [1.82, 2.24) is 15.6 Å². The Morgan fingerprint density at radius 3 is 2.94 bits per heavy atom. The van der Waals surface area contributed by atoms with Crippen LogP contribution in [0.4, 0.5) is 0 Å². The molecule has 1 aromatic heterocycles. The summed E-state index contributed by atoms with van der Waals surface area (Å²) >= 11 is 0. The van der Waals surface area contributed by atoms with Gasteiger partial charge in [-0.15, -0.1) is 0 Å². The molecule has 2 atom stereocenters. The first-order valence-corrected chi connectivity index (χ1v) is 6.21. The Hall–Kier alpha value is -1.42. The number of pyridine rings is 1. The van der Waals surface area contributed by atoms with E-state index in [-0.39, 0.29) is 18.0 Å². The van der Waals surface area contributed by atoms with Crippen molar-refractivity contribution in [2.45, 2.75) is 38.3 Å². The second-order valence-corrected chi connectivity index (χ2v) is 4.51. The van der Waals surface area contributed by atoms with Gasteiger partial charge < -0.3 is 5.32 Å². The van der Waals surface area contributed by atoms with Crippen molar-refractivity contribution >= 4 is 5.91 Å². The predicted molar refractivity (Wildman–Crippen MR) is 66.4 cm³/mol. The highest BCUT2D eigenvalue weighted by Gasteiger charge is 2.22. The van der Waals surface area contributed by atoms with Crippen LogP contribution in [0.1, 0.15) is 37.8 Å². The monoisotopic (exact) mass is 233 g/mol. The van der Waals surface area contributed by atoms with Gasteiger partial charge in [0.1, 0.15) is 0 Å². The second-order valence-electron chi connectivity index (χ2n) is 4.51. The number of carbonyl (C=O) groups is 1. The molecular formula is C13H19N3O. The van der Waals surface area contributed by atoms with Crippen molar-refractivity contribution in [3.05, 3.63) is 30.1 Å². The molecule has 0 bridgehead atoms. The van der Waals surface area contributed by atoms with Gasteiger partial charge in [0.25, 0.3) is 0 Å². The minimum Gasteiger partial charge on any atom is -0.355 e. The zero-order valence-corrected chi connectivity index (χ0v) is 10.1. The molecule has 2 unspecified atom stereocenters. The van der Waals surface area contributed by atoms with Crippen LogP contribution in [0.25, 0.3) is 0 Å². The molecule has 1 aliphatic rings. The normalized spacial score (nSPS) is 22.6. The van der Waals surface area contributed by atoms with Crippen molar-refractivity contribution in [2.75, 3.05) is 6.54 Å². The molecule has 0 aromatic carbocycles. The standard InChI is InChI=1S/C13H19N3O/c1-10(11-5-8-14-9-6-11)16-12-4-2-3-7-15-13(12)17/h5-6,8-10,12,16H,2-4,7H2,1H3,(H,15,17). The Bertz CT molecular complexity index is 366. The third-order valence-corrected chi connectivity index (χ3v) is 3.19. The van der Waals surface area contributed by atoms with Crippen molar-refractivity contribution in [2.24, 2.45) is 0 Å². The zero-order chi connectivity index (χ0) is 12.1. The Labute approximate surface area is 102 Å². The number of nitrogens with one attached hydrogen (secondary N) is 2. The minimum atomic E-state index is -0.0688. The molecule has 4 heteroatoms. The molecule has 0 aliphatic carbocycles. The van der Waals surface area contributed by atoms with E-state index in [1.165, 1.54) is 0 Å². The van der Waals surface area contributed by atoms with E-state index in [0.717, 1.165) is 31.4 Å². The van der Waals surface area contributed by atoms with Crippen LogP contribution in [0, 0.1) is 0 Å². The van der Waals surface area contributed by atoms with Gasteiger partial charge in [0, 0.05) is 25.0 Å². The first-order chi connectivity index (χ1) is 8.27.